The normalized spacial score (nSPS) is 11.6. The number of phenols is 1. The molecule has 0 radical (unpaired) electrons. The van der Waals surface area contributed by atoms with Crippen LogP contribution in [0.15, 0.2) is 18.2 Å². The lowest BCUT2D eigenvalue weighted by atomic mass is 10.1. The Labute approximate surface area is 88.7 Å². The molecular formula is C9H14ClNO3. The van der Waals surface area contributed by atoms with E-state index in [9.17, 15) is 5.11 Å². The van der Waals surface area contributed by atoms with Gasteiger partial charge in [-0.05, 0) is 12.1 Å². The number of nitrogens with two attached hydrogens (primary N) is 1. The van der Waals surface area contributed by atoms with Gasteiger partial charge in [0.05, 0.1) is 25.3 Å². The van der Waals surface area contributed by atoms with Gasteiger partial charge in [0.25, 0.3) is 0 Å². The van der Waals surface area contributed by atoms with Crippen LogP contribution < -0.4 is 10.5 Å². The molecular weight excluding hydrogens is 206 g/mol. The first-order chi connectivity index (χ1) is 6.20. The summed E-state index contributed by atoms with van der Waals surface area (Å²) >= 11 is 0. The van der Waals surface area contributed by atoms with Crippen LogP contribution in [0.1, 0.15) is 11.6 Å². The van der Waals surface area contributed by atoms with Crippen LogP contribution in [0.2, 0.25) is 0 Å². The summed E-state index contributed by atoms with van der Waals surface area (Å²) in [6, 6.07) is 4.23. The molecule has 1 rings (SSSR count). The highest BCUT2D eigenvalue weighted by Crippen LogP contribution is 2.31. The van der Waals surface area contributed by atoms with Crippen molar-refractivity contribution in [1.82, 2.24) is 0 Å². The molecule has 1 atom stereocenters. The Kier molecular flexibility index (Phi) is 5.30. The minimum absolute atomic E-state index is 0. The van der Waals surface area contributed by atoms with Crippen LogP contribution in [0, 0.1) is 0 Å². The number of ether oxygens (including phenoxy) is 1. The van der Waals surface area contributed by atoms with Crippen molar-refractivity contribution in [2.75, 3.05) is 13.7 Å². The number of aromatic hydroxyl groups is 1. The number of halogens is 1. The highest BCUT2D eigenvalue weighted by molar-refractivity contribution is 5.85. The average Bonchev–Trinajstić information content (AvgIpc) is 2.16. The molecule has 0 spiro atoms. The Morgan fingerprint density at radius 1 is 1.50 bits per heavy atom. The van der Waals surface area contributed by atoms with E-state index >= 15 is 0 Å². The molecule has 4 nitrogen and oxygen atoms in total. The molecule has 0 saturated carbocycles. The molecule has 14 heavy (non-hydrogen) atoms. The predicted octanol–water partition coefficient (Wildman–Crippen LogP) is 0.815. The van der Waals surface area contributed by atoms with Gasteiger partial charge in [0.1, 0.15) is 11.5 Å². The minimum atomic E-state index is -0.615. The van der Waals surface area contributed by atoms with E-state index in [1.807, 2.05) is 0 Å². The van der Waals surface area contributed by atoms with Crippen molar-refractivity contribution in [1.29, 1.82) is 0 Å². The fourth-order valence-electron chi connectivity index (χ4n) is 1.17. The lowest BCUT2D eigenvalue weighted by Gasteiger charge is -2.14. The van der Waals surface area contributed by atoms with Crippen molar-refractivity contribution in [2.45, 2.75) is 6.04 Å². The lowest BCUT2D eigenvalue weighted by molar-refractivity contribution is 0.261. The van der Waals surface area contributed by atoms with Crippen molar-refractivity contribution in [3.05, 3.63) is 23.8 Å². The Morgan fingerprint density at radius 2 is 2.14 bits per heavy atom. The lowest BCUT2D eigenvalue weighted by Crippen LogP contribution is -2.15. The molecule has 0 aliphatic rings. The highest BCUT2D eigenvalue weighted by Gasteiger charge is 2.14. The largest absolute Gasteiger partial charge is 0.507 e. The standard InChI is InChI=1S/C9H13NO3.ClH/c1-13-8-4-2-3-7(12)9(8)6(10)5-11;/h2-4,6,11-12H,5,10H2,1H3;1H/t6-;/m1./s1. The summed E-state index contributed by atoms with van der Waals surface area (Å²) in [7, 11) is 1.49. The van der Waals surface area contributed by atoms with Gasteiger partial charge in [-0.15, -0.1) is 12.4 Å². The summed E-state index contributed by atoms with van der Waals surface area (Å²) in [5, 5.41) is 18.3. The average molecular weight is 220 g/mol. The maximum Gasteiger partial charge on any atom is 0.127 e. The van der Waals surface area contributed by atoms with Gasteiger partial charge in [-0.3, -0.25) is 0 Å². The maximum absolute atomic E-state index is 9.45. The quantitative estimate of drug-likeness (QED) is 0.704. The number of aliphatic hydroxyl groups excluding tert-OH is 1. The van der Waals surface area contributed by atoms with Gasteiger partial charge in [0.2, 0.25) is 0 Å². The van der Waals surface area contributed by atoms with Gasteiger partial charge >= 0.3 is 0 Å². The van der Waals surface area contributed by atoms with Crippen LogP contribution in [-0.4, -0.2) is 23.9 Å². The molecule has 0 aliphatic carbocycles. The Morgan fingerprint density at radius 3 is 2.64 bits per heavy atom. The smallest absolute Gasteiger partial charge is 0.127 e. The first-order valence-electron chi connectivity index (χ1n) is 3.93. The minimum Gasteiger partial charge on any atom is -0.507 e. The summed E-state index contributed by atoms with van der Waals surface area (Å²) in [6.45, 7) is -0.228. The Hall–Kier alpha value is -0.970. The monoisotopic (exact) mass is 219 g/mol. The highest BCUT2D eigenvalue weighted by atomic mass is 35.5. The number of hydrogen-bond acceptors (Lipinski definition) is 4. The van der Waals surface area contributed by atoms with Crippen LogP contribution in [-0.2, 0) is 0 Å². The first kappa shape index (κ1) is 13.0. The number of methoxy groups -OCH3 is 1. The summed E-state index contributed by atoms with van der Waals surface area (Å²) in [5.41, 5.74) is 6.02. The number of benzene rings is 1. The van der Waals surface area contributed by atoms with Gasteiger partial charge in [0.15, 0.2) is 0 Å². The third-order valence-electron chi connectivity index (χ3n) is 1.83. The zero-order valence-electron chi connectivity index (χ0n) is 7.80. The van der Waals surface area contributed by atoms with Crippen LogP contribution in [0.25, 0.3) is 0 Å². The van der Waals surface area contributed by atoms with Gasteiger partial charge in [-0.2, -0.15) is 0 Å². The van der Waals surface area contributed by atoms with E-state index in [0.717, 1.165) is 0 Å². The van der Waals surface area contributed by atoms with Gasteiger partial charge < -0.3 is 20.7 Å². The van der Waals surface area contributed by atoms with Crippen LogP contribution in [0.3, 0.4) is 0 Å². The molecule has 0 saturated heterocycles. The summed E-state index contributed by atoms with van der Waals surface area (Å²) in [5.74, 6) is 0.530. The van der Waals surface area contributed by atoms with Crippen molar-refractivity contribution in [2.24, 2.45) is 5.73 Å². The zero-order chi connectivity index (χ0) is 9.84. The number of rotatable bonds is 3. The molecule has 0 heterocycles. The second-order valence-electron chi connectivity index (χ2n) is 2.68. The fraction of sp³-hybridized carbons (Fsp3) is 0.333. The molecule has 0 fully saturated rings. The Bertz CT molecular complexity index is 293. The second kappa shape index (κ2) is 5.70. The van der Waals surface area contributed by atoms with E-state index in [4.69, 9.17) is 15.6 Å². The Balaban J connectivity index is 0.00000169. The molecule has 5 heteroatoms. The van der Waals surface area contributed by atoms with Crippen molar-refractivity contribution in [3.63, 3.8) is 0 Å². The van der Waals surface area contributed by atoms with Gasteiger partial charge in [-0.25, -0.2) is 0 Å². The third-order valence-corrected chi connectivity index (χ3v) is 1.83. The van der Waals surface area contributed by atoms with Crippen LogP contribution in [0.4, 0.5) is 0 Å². The maximum atomic E-state index is 9.45. The topological polar surface area (TPSA) is 75.7 Å². The fourth-order valence-corrected chi connectivity index (χ4v) is 1.17. The van der Waals surface area contributed by atoms with E-state index < -0.39 is 6.04 Å². The SMILES string of the molecule is COc1cccc(O)c1[C@H](N)CO.Cl. The number of aliphatic hydroxyl groups is 1. The van der Waals surface area contributed by atoms with E-state index in [1.165, 1.54) is 13.2 Å². The summed E-state index contributed by atoms with van der Waals surface area (Å²) < 4.78 is 5.00. The van der Waals surface area contributed by atoms with Crippen molar-refractivity contribution in [3.8, 4) is 11.5 Å². The predicted molar refractivity (Wildman–Crippen MR) is 55.9 cm³/mol. The molecule has 0 amide bonds. The van der Waals surface area contributed by atoms with Crippen molar-refractivity contribution >= 4 is 12.4 Å². The first-order valence-corrected chi connectivity index (χ1v) is 3.93. The van der Waals surface area contributed by atoms with Crippen molar-refractivity contribution < 1.29 is 14.9 Å². The van der Waals surface area contributed by atoms with E-state index in [1.54, 1.807) is 12.1 Å². The van der Waals surface area contributed by atoms with Gasteiger partial charge in [-0.1, -0.05) is 6.07 Å². The molecule has 4 N–H and O–H groups in total. The summed E-state index contributed by atoms with van der Waals surface area (Å²) in [4.78, 5) is 0. The van der Waals surface area contributed by atoms with E-state index in [2.05, 4.69) is 0 Å². The molecule has 0 aliphatic heterocycles. The molecule has 1 aromatic carbocycles. The molecule has 1 aromatic rings. The van der Waals surface area contributed by atoms with Crippen LogP contribution >= 0.6 is 12.4 Å². The van der Waals surface area contributed by atoms with E-state index in [-0.39, 0.29) is 24.8 Å². The number of hydrogen-bond donors (Lipinski definition) is 3. The molecule has 0 bridgehead atoms. The zero-order valence-corrected chi connectivity index (χ0v) is 8.62. The van der Waals surface area contributed by atoms with Crippen LogP contribution in [0.5, 0.6) is 11.5 Å². The molecule has 0 aromatic heterocycles. The molecule has 0 unspecified atom stereocenters. The molecule has 80 valence electrons. The second-order valence-corrected chi connectivity index (χ2v) is 2.68. The van der Waals surface area contributed by atoms with E-state index in [0.29, 0.717) is 11.3 Å². The third kappa shape index (κ3) is 2.51. The van der Waals surface area contributed by atoms with Gasteiger partial charge in [0, 0.05) is 0 Å². The number of phenolic OH excluding ortho intramolecular Hbond substituents is 1. The summed E-state index contributed by atoms with van der Waals surface area (Å²) in [6.07, 6.45) is 0.